The topological polar surface area (TPSA) is 113 Å². The molecule has 0 radical (unpaired) electrons. The van der Waals surface area contributed by atoms with Gasteiger partial charge in [0.2, 0.25) is 11.6 Å². The molecule has 0 saturated carbocycles. The Hall–Kier alpha value is -5.17. The molecule has 0 unspecified atom stereocenters. The van der Waals surface area contributed by atoms with Crippen LogP contribution >= 0.6 is 0 Å². The Kier molecular flexibility index (Phi) is 13.8. The van der Waals surface area contributed by atoms with Gasteiger partial charge in [0.15, 0.2) is 0 Å². The van der Waals surface area contributed by atoms with Crippen molar-refractivity contribution in [3.63, 3.8) is 0 Å². The molecule has 6 rings (SSSR count). The predicted molar refractivity (Wildman–Crippen MR) is 233 cm³/mol. The summed E-state index contributed by atoms with van der Waals surface area (Å²) in [5, 5.41) is 20.5. The third kappa shape index (κ3) is 10.4. The van der Waals surface area contributed by atoms with E-state index in [4.69, 9.17) is 28.4 Å². The van der Waals surface area contributed by atoms with Crippen LogP contribution in [0.1, 0.15) is 61.1 Å². The minimum atomic E-state index is -1.50. The highest BCUT2D eigenvalue weighted by atomic mass is 32.2. The molecule has 314 valence electrons. The molecule has 9 nitrogen and oxygen atoms in total. The van der Waals surface area contributed by atoms with Crippen LogP contribution in [-0.2, 0) is 54.2 Å². The normalized spacial score (nSPS) is 12.4. The van der Waals surface area contributed by atoms with E-state index in [1.165, 1.54) is 0 Å². The summed E-state index contributed by atoms with van der Waals surface area (Å²) in [5.74, 6) is 0.144. The van der Waals surface area contributed by atoms with Gasteiger partial charge in [-0.05, 0) is 136 Å². The molecule has 0 aromatic heterocycles. The molecule has 0 atom stereocenters. The molecule has 0 spiro atoms. The van der Waals surface area contributed by atoms with Crippen molar-refractivity contribution in [3.05, 3.63) is 179 Å². The average Bonchev–Trinajstić information content (AvgIpc) is 3.22. The Labute approximate surface area is 355 Å². The molecular formula is C50H54O9S. The van der Waals surface area contributed by atoms with E-state index in [0.29, 0.717) is 45.6 Å². The van der Waals surface area contributed by atoms with Crippen LogP contribution in [0.2, 0.25) is 0 Å². The molecule has 0 saturated heterocycles. The molecule has 6 aromatic rings. The van der Waals surface area contributed by atoms with E-state index in [9.17, 15) is 14.4 Å². The lowest BCUT2D eigenvalue weighted by Gasteiger charge is -2.32. The summed E-state index contributed by atoms with van der Waals surface area (Å²) in [7, 11) is 4.83. The SMILES string of the molecule is COC(OC)(c1ccc(Oc2cccc(CC(C)(C)O)c2)cc1)c1ccc(S(=O)c2ccc(C(OC)(OC)c3ccc(Oc4cccc(CC(C)(C)O)c4)cc3)cc2)cc1. The van der Waals surface area contributed by atoms with E-state index in [-0.39, 0.29) is 0 Å². The van der Waals surface area contributed by atoms with Gasteiger partial charge in [0, 0.05) is 73.3 Å². The van der Waals surface area contributed by atoms with Crippen molar-refractivity contribution in [1.82, 2.24) is 0 Å². The van der Waals surface area contributed by atoms with Gasteiger partial charge in [-0.1, -0.05) is 48.5 Å². The number of ether oxygens (including phenoxy) is 6. The largest absolute Gasteiger partial charge is 0.457 e. The van der Waals surface area contributed by atoms with Gasteiger partial charge in [-0.15, -0.1) is 0 Å². The fraction of sp³-hybridized carbons (Fsp3) is 0.280. The highest BCUT2D eigenvalue weighted by Crippen LogP contribution is 2.38. The van der Waals surface area contributed by atoms with Crippen LogP contribution in [-0.4, -0.2) is 54.1 Å². The number of rotatable bonds is 18. The van der Waals surface area contributed by atoms with Crippen molar-refractivity contribution in [3.8, 4) is 23.0 Å². The summed E-state index contributed by atoms with van der Waals surface area (Å²) in [6.45, 7) is 7.12. The van der Waals surface area contributed by atoms with Crippen molar-refractivity contribution in [1.29, 1.82) is 0 Å². The van der Waals surface area contributed by atoms with Gasteiger partial charge in [0.1, 0.15) is 23.0 Å². The first kappa shape index (κ1) is 44.4. The Morgan fingerprint density at radius 1 is 0.433 bits per heavy atom. The van der Waals surface area contributed by atoms with E-state index in [2.05, 4.69) is 0 Å². The van der Waals surface area contributed by atoms with Gasteiger partial charge in [-0.3, -0.25) is 0 Å². The maximum atomic E-state index is 13.9. The fourth-order valence-electron chi connectivity index (χ4n) is 7.37. The van der Waals surface area contributed by atoms with Gasteiger partial charge in [0.05, 0.1) is 22.0 Å². The maximum Gasteiger partial charge on any atom is 0.221 e. The van der Waals surface area contributed by atoms with Gasteiger partial charge >= 0.3 is 0 Å². The molecule has 0 fully saturated rings. The summed E-state index contributed by atoms with van der Waals surface area (Å²) in [6.07, 6.45) is 1.01. The fourth-order valence-corrected chi connectivity index (χ4v) is 8.41. The third-order valence-electron chi connectivity index (χ3n) is 10.1. The zero-order valence-electron chi connectivity index (χ0n) is 35.4. The van der Waals surface area contributed by atoms with Crippen LogP contribution in [0.15, 0.2) is 155 Å². The zero-order chi connectivity index (χ0) is 43.1. The van der Waals surface area contributed by atoms with E-state index in [0.717, 1.165) is 33.4 Å². The predicted octanol–water partition coefficient (Wildman–Crippen LogP) is 10.1. The Bertz CT molecular complexity index is 2170. The van der Waals surface area contributed by atoms with E-state index in [1.54, 1.807) is 56.1 Å². The monoisotopic (exact) mass is 830 g/mol. The molecule has 0 aliphatic heterocycles. The molecule has 6 aromatic carbocycles. The first-order valence-corrected chi connectivity index (χ1v) is 20.8. The highest BCUT2D eigenvalue weighted by Gasteiger charge is 2.36. The van der Waals surface area contributed by atoms with Crippen LogP contribution in [0.4, 0.5) is 0 Å². The van der Waals surface area contributed by atoms with Crippen molar-refractivity contribution in [2.75, 3.05) is 28.4 Å². The first-order valence-electron chi connectivity index (χ1n) is 19.6. The maximum absolute atomic E-state index is 13.9. The molecular weight excluding hydrogens is 777 g/mol. The minimum absolute atomic E-state index is 0.507. The van der Waals surface area contributed by atoms with Crippen molar-refractivity contribution >= 4 is 10.8 Å². The van der Waals surface area contributed by atoms with E-state index in [1.807, 2.05) is 146 Å². The van der Waals surface area contributed by atoms with Gasteiger partial charge in [-0.25, -0.2) is 4.21 Å². The van der Waals surface area contributed by atoms with Crippen LogP contribution in [0.3, 0.4) is 0 Å². The van der Waals surface area contributed by atoms with Gasteiger partial charge < -0.3 is 38.6 Å². The second kappa shape index (κ2) is 18.6. The molecule has 60 heavy (non-hydrogen) atoms. The lowest BCUT2D eigenvalue weighted by molar-refractivity contribution is -0.184. The molecule has 2 N–H and O–H groups in total. The number of methoxy groups -OCH3 is 4. The Balaban J connectivity index is 1.15. The molecule has 10 heteroatoms. The van der Waals surface area contributed by atoms with E-state index >= 15 is 0 Å². The lowest BCUT2D eigenvalue weighted by atomic mass is 9.97. The number of hydrogen-bond donors (Lipinski definition) is 2. The van der Waals surface area contributed by atoms with Crippen molar-refractivity contribution in [2.45, 2.75) is 73.1 Å². The first-order chi connectivity index (χ1) is 28.6. The lowest BCUT2D eigenvalue weighted by Crippen LogP contribution is -2.32. The smallest absolute Gasteiger partial charge is 0.221 e. The highest BCUT2D eigenvalue weighted by molar-refractivity contribution is 7.85. The summed E-state index contributed by atoms with van der Waals surface area (Å²) in [5.41, 5.74) is 3.23. The molecule has 0 aliphatic rings. The molecule has 0 amide bonds. The zero-order valence-corrected chi connectivity index (χ0v) is 36.2. The summed E-state index contributed by atoms with van der Waals surface area (Å²) < 4.78 is 50.2. The summed E-state index contributed by atoms with van der Waals surface area (Å²) >= 11 is 0. The summed E-state index contributed by atoms with van der Waals surface area (Å²) in [4.78, 5) is 1.21. The molecule has 0 aliphatic carbocycles. The van der Waals surface area contributed by atoms with Crippen molar-refractivity contribution < 1.29 is 42.8 Å². The Morgan fingerprint density at radius 2 is 0.733 bits per heavy atom. The van der Waals surface area contributed by atoms with Crippen LogP contribution in [0.5, 0.6) is 23.0 Å². The number of benzene rings is 6. The number of hydrogen-bond acceptors (Lipinski definition) is 9. The van der Waals surface area contributed by atoms with Crippen LogP contribution in [0, 0.1) is 0 Å². The van der Waals surface area contributed by atoms with Gasteiger partial charge in [-0.2, -0.15) is 0 Å². The van der Waals surface area contributed by atoms with Crippen LogP contribution < -0.4 is 9.47 Å². The quantitative estimate of drug-likeness (QED) is 0.0818. The van der Waals surface area contributed by atoms with Crippen molar-refractivity contribution in [2.24, 2.45) is 0 Å². The second-order valence-electron chi connectivity index (χ2n) is 15.9. The average molecular weight is 831 g/mol. The molecule has 0 heterocycles. The van der Waals surface area contributed by atoms with Gasteiger partial charge in [0.25, 0.3) is 0 Å². The second-order valence-corrected chi connectivity index (χ2v) is 17.4. The number of aliphatic hydroxyl groups is 2. The Morgan fingerprint density at radius 3 is 1.02 bits per heavy atom. The molecule has 0 bridgehead atoms. The standard InChI is InChI=1S/C50H54O9S/c1-47(2,51)33-35-11-9-13-43(31-35)58-41-23-15-37(16-24-41)49(54-5,55-6)39-19-27-45(28-20-39)60(53)46-29-21-40(22-30-46)50(56-7,57-8)38-17-25-42(26-18-38)59-44-14-10-12-36(32-44)34-48(3,4)52/h9-32,51-52H,33-34H2,1-8H3. The minimum Gasteiger partial charge on any atom is -0.457 e. The van der Waals surface area contributed by atoms with E-state index < -0.39 is 33.6 Å². The summed E-state index contributed by atoms with van der Waals surface area (Å²) in [6, 6.07) is 45.0. The third-order valence-corrected chi connectivity index (χ3v) is 11.5. The van der Waals surface area contributed by atoms with Crippen LogP contribution in [0.25, 0.3) is 0 Å².